The van der Waals surface area contributed by atoms with Crippen molar-refractivity contribution in [1.82, 2.24) is 9.97 Å². The monoisotopic (exact) mass is 340 g/mol. The first kappa shape index (κ1) is 12.8. The highest BCUT2D eigenvalue weighted by Gasteiger charge is 2.23. The third kappa shape index (κ3) is 2.30. The van der Waals surface area contributed by atoms with Gasteiger partial charge in [0, 0.05) is 13.1 Å². The quantitative estimate of drug-likeness (QED) is 0.747. The summed E-state index contributed by atoms with van der Waals surface area (Å²) in [6.45, 7) is 1.54. The van der Waals surface area contributed by atoms with E-state index in [4.69, 9.17) is 5.26 Å². The van der Waals surface area contributed by atoms with Gasteiger partial charge in [0.1, 0.15) is 10.1 Å². The van der Waals surface area contributed by atoms with Crippen molar-refractivity contribution in [2.75, 3.05) is 18.0 Å². The molecule has 0 saturated carbocycles. The van der Waals surface area contributed by atoms with Gasteiger partial charge in [0.25, 0.3) is 0 Å². The van der Waals surface area contributed by atoms with Crippen molar-refractivity contribution >= 4 is 42.6 Å². The molecule has 19 heavy (non-hydrogen) atoms. The molecule has 1 unspecified atom stereocenters. The van der Waals surface area contributed by atoms with Crippen LogP contribution in [0, 0.1) is 23.1 Å². The Kier molecular flexibility index (Phi) is 3.37. The fraction of sp³-hybridized carbons (Fsp3) is 0.417. The molecule has 98 valence electrons. The number of fused-ring (bicyclic) bond motifs is 1. The lowest BCUT2D eigenvalue weighted by atomic mass is 10.0. The zero-order valence-electron chi connectivity index (χ0n) is 9.94. The third-order valence-electron chi connectivity index (χ3n) is 3.20. The van der Waals surface area contributed by atoms with E-state index in [1.807, 2.05) is 0 Å². The molecule has 3 heterocycles. The third-order valence-corrected chi connectivity index (χ3v) is 5.18. The summed E-state index contributed by atoms with van der Waals surface area (Å²) in [5.41, 5.74) is 0.348. The van der Waals surface area contributed by atoms with E-state index < -0.39 is 5.82 Å². The molecule has 1 fully saturated rings. The summed E-state index contributed by atoms with van der Waals surface area (Å²) < 4.78 is 15.0. The van der Waals surface area contributed by atoms with Gasteiger partial charge in [-0.1, -0.05) is 11.3 Å². The number of aromatic nitrogens is 2. The summed E-state index contributed by atoms with van der Waals surface area (Å²) in [6, 6.07) is 2.30. The number of piperidine rings is 1. The molecule has 0 N–H and O–H groups in total. The average molecular weight is 341 g/mol. The molecule has 0 spiro atoms. The lowest BCUT2D eigenvalue weighted by Gasteiger charge is -2.28. The van der Waals surface area contributed by atoms with Crippen molar-refractivity contribution in [2.45, 2.75) is 12.8 Å². The van der Waals surface area contributed by atoms with Gasteiger partial charge in [-0.2, -0.15) is 5.26 Å². The summed E-state index contributed by atoms with van der Waals surface area (Å²) in [6.07, 6.45) is 3.07. The van der Waals surface area contributed by atoms with Crippen LogP contribution in [0.5, 0.6) is 0 Å². The molecule has 2 aromatic rings. The molecule has 3 rings (SSSR count). The lowest BCUT2D eigenvalue weighted by molar-refractivity contribution is 0.493. The Balaban J connectivity index is 2.00. The van der Waals surface area contributed by atoms with Gasteiger partial charge in [-0.3, -0.25) is 0 Å². The number of hydrogen-bond acceptors (Lipinski definition) is 5. The van der Waals surface area contributed by atoms with E-state index >= 15 is 0 Å². The van der Waals surface area contributed by atoms with Crippen LogP contribution in [0.4, 0.5) is 9.52 Å². The van der Waals surface area contributed by atoms with Crippen LogP contribution in [0.2, 0.25) is 0 Å². The molecular weight excluding hydrogens is 331 g/mol. The summed E-state index contributed by atoms with van der Waals surface area (Å²) in [5.74, 6) is -0.373. The molecule has 0 aliphatic carbocycles. The summed E-state index contributed by atoms with van der Waals surface area (Å²) >= 11 is 4.73. The fourth-order valence-electron chi connectivity index (χ4n) is 2.24. The molecule has 1 atom stereocenters. The summed E-state index contributed by atoms with van der Waals surface area (Å²) in [7, 11) is 0. The van der Waals surface area contributed by atoms with Crippen molar-refractivity contribution in [1.29, 1.82) is 5.26 Å². The molecule has 0 radical (unpaired) electrons. The molecule has 0 amide bonds. The molecule has 0 bridgehead atoms. The van der Waals surface area contributed by atoms with Crippen molar-refractivity contribution < 1.29 is 4.39 Å². The Labute approximate surface area is 122 Å². The van der Waals surface area contributed by atoms with E-state index in [9.17, 15) is 4.39 Å². The fourth-order valence-corrected chi connectivity index (χ4v) is 3.76. The predicted molar refractivity (Wildman–Crippen MR) is 75.6 cm³/mol. The number of nitrogens with zero attached hydrogens (tertiary/aromatic N) is 4. The van der Waals surface area contributed by atoms with E-state index in [2.05, 4.69) is 36.9 Å². The zero-order valence-corrected chi connectivity index (χ0v) is 12.3. The van der Waals surface area contributed by atoms with Gasteiger partial charge in [0.15, 0.2) is 10.9 Å². The topological polar surface area (TPSA) is 52.8 Å². The number of nitriles is 1. The second-order valence-corrected chi connectivity index (χ2v) is 6.21. The zero-order chi connectivity index (χ0) is 13.4. The first-order chi connectivity index (χ1) is 9.19. The van der Waals surface area contributed by atoms with Crippen LogP contribution in [0.3, 0.4) is 0 Å². The minimum absolute atomic E-state index is 0.0344. The van der Waals surface area contributed by atoms with E-state index in [-0.39, 0.29) is 5.92 Å². The highest BCUT2D eigenvalue weighted by Crippen LogP contribution is 2.35. The summed E-state index contributed by atoms with van der Waals surface area (Å²) in [5, 5.41) is 9.78. The van der Waals surface area contributed by atoms with Crippen LogP contribution in [0.1, 0.15) is 12.8 Å². The van der Waals surface area contributed by atoms with Gasteiger partial charge >= 0.3 is 0 Å². The SMILES string of the molecule is N#CC1CCCN(c2nc3c(F)cnc(Br)c3s2)C1. The number of hydrogen-bond donors (Lipinski definition) is 0. The Morgan fingerprint density at radius 2 is 2.42 bits per heavy atom. The number of thiazole rings is 1. The Morgan fingerprint density at radius 3 is 3.16 bits per heavy atom. The maximum atomic E-state index is 13.7. The van der Waals surface area contributed by atoms with Crippen molar-refractivity contribution in [2.24, 2.45) is 5.92 Å². The van der Waals surface area contributed by atoms with Crippen molar-refractivity contribution in [3.05, 3.63) is 16.6 Å². The van der Waals surface area contributed by atoms with Crippen LogP contribution in [-0.2, 0) is 0 Å². The van der Waals surface area contributed by atoms with E-state index in [0.29, 0.717) is 21.4 Å². The maximum Gasteiger partial charge on any atom is 0.186 e. The van der Waals surface area contributed by atoms with Gasteiger partial charge in [-0.05, 0) is 28.8 Å². The maximum absolute atomic E-state index is 13.7. The van der Waals surface area contributed by atoms with Gasteiger partial charge in [0.2, 0.25) is 0 Å². The molecule has 0 aromatic carbocycles. The van der Waals surface area contributed by atoms with E-state index in [1.54, 1.807) is 0 Å². The minimum Gasteiger partial charge on any atom is -0.347 e. The van der Waals surface area contributed by atoms with Gasteiger partial charge in [-0.15, -0.1) is 0 Å². The van der Waals surface area contributed by atoms with Crippen molar-refractivity contribution in [3.63, 3.8) is 0 Å². The molecule has 7 heteroatoms. The smallest absolute Gasteiger partial charge is 0.186 e. The standard InChI is InChI=1S/C12H10BrFN4S/c13-11-10-9(8(14)5-16-11)17-12(19-10)18-3-1-2-7(4-15)6-18/h5,7H,1-3,6H2. The largest absolute Gasteiger partial charge is 0.347 e. The predicted octanol–water partition coefficient (Wildman–Crippen LogP) is 3.33. The minimum atomic E-state index is -0.408. The van der Waals surface area contributed by atoms with Gasteiger partial charge in [-0.25, -0.2) is 14.4 Å². The molecule has 4 nitrogen and oxygen atoms in total. The Morgan fingerprint density at radius 1 is 1.58 bits per heavy atom. The van der Waals surface area contributed by atoms with E-state index in [0.717, 1.165) is 24.5 Å². The van der Waals surface area contributed by atoms with Crippen molar-refractivity contribution in [3.8, 4) is 6.07 Å². The molecule has 1 saturated heterocycles. The summed E-state index contributed by atoms with van der Waals surface area (Å²) in [4.78, 5) is 10.4. The van der Waals surface area contributed by atoms with Crippen LogP contribution in [0.25, 0.3) is 10.2 Å². The normalized spacial score (nSPS) is 19.6. The van der Waals surface area contributed by atoms with E-state index in [1.165, 1.54) is 17.5 Å². The molecule has 1 aliphatic heterocycles. The highest BCUT2D eigenvalue weighted by atomic mass is 79.9. The van der Waals surface area contributed by atoms with Crippen LogP contribution in [0.15, 0.2) is 10.8 Å². The second kappa shape index (κ2) is 5.02. The first-order valence-electron chi connectivity index (χ1n) is 5.94. The molecule has 2 aromatic heterocycles. The second-order valence-electron chi connectivity index (χ2n) is 4.49. The van der Waals surface area contributed by atoms with Crippen LogP contribution < -0.4 is 4.90 Å². The number of rotatable bonds is 1. The number of anilines is 1. The first-order valence-corrected chi connectivity index (χ1v) is 7.55. The van der Waals surface area contributed by atoms with Crippen LogP contribution >= 0.6 is 27.3 Å². The molecule has 1 aliphatic rings. The number of pyridine rings is 1. The Bertz CT molecular complexity index is 627. The lowest BCUT2D eigenvalue weighted by Crippen LogP contribution is -2.34. The van der Waals surface area contributed by atoms with Gasteiger partial charge in [0.05, 0.1) is 22.9 Å². The molecular formula is C12H10BrFN4S. The Hall–Kier alpha value is -1.26. The van der Waals surface area contributed by atoms with Crippen LogP contribution in [-0.4, -0.2) is 23.1 Å². The average Bonchev–Trinajstić information content (AvgIpc) is 2.89. The number of halogens is 2. The highest BCUT2D eigenvalue weighted by molar-refractivity contribution is 9.10. The van der Waals surface area contributed by atoms with Gasteiger partial charge < -0.3 is 4.90 Å².